The molecule has 0 saturated carbocycles. The fourth-order valence-corrected chi connectivity index (χ4v) is 3.92. The van der Waals surface area contributed by atoms with Crippen molar-refractivity contribution in [2.45, 2.75) is 33.6 Å². The van der Waals surface area contributed by atoms with Crippen molar-refractivity contribution in [1.82, 2.24) is 4.98 Å². The van der Waals surface area contributed by atoms with E-state index in [0.717, 1.165) is 16.7 Å². The molecule has 8 nitrogen and oxygen atoms in total. The van der Waals surface area contributed by atoms with Gasteiger partial charge in [-0.3, -0.25) is 14.9 Å². The number of hydrogen-bond donors (Lipinski definition) is 1. The van der Waals surface area contributed by atoms with Gasteiger partial charge >= 0.3 is 11.7 Å². The molecule has 0 aliphatic heterocycles. The summed E-state index contributed by atoms with van der Waals surface area (Å²) in [6.07, 6.45) is 1.01. The molecule has 0 fully saturated rings. The van der Waals surface area contributed by atoms with Gasteiger partial charge in [-0.05, 0) is 55.5 Å². The Bertz CT molecular complexity index is 1220. The van der Waals surface area contributed by atoms with Gasteiger partial charge in [0.25, 0.3) is 0 Å². The summed E-state index contributed by atoms with van der Waals surface area (Å²) in [4.78, 5) is 40.2. The molecule has 1 amide bonds. The number of rotatable bonds is 8. The Morgan fingerprint density at radius 1 is 1.12 bits per heavy atom. The molecule has 1 atom stereocenters. The van der Waals surface area contributed by atoms with E-state index in [0.29, 0.717) is 29.7 Å². The minimum Gasteiger partial charge on any atom is -0.465 e. The van der Waals surface area contributed by atoms with E-state index in [1.165, 1.54) is 7.11 Å². The highest BCUT2D eigenvalue weighted by Gasteiger charge is 2.25. The lowest BCUT2D eigenvalue weighted by Crippen LogP contribution is -2.25. The standard InChI is InChI=1S/C26H27N3O5/c1-5-19(25(30)28-24-23(29(32)33)16(2)14-17(3)27-24)15-18-10-12-20(13-11-18)21-8-6-7-9-22(21)26(31)34-4/h6-14,19H,5,15H2,1-4H3,(H,27,28,30). The van der Waals surface area contributed by atoms with E-state index in [9.17, 15) is 19.7 Å². The van der Waals surface area contributed by atoms with E-state index in [-0.39, 0.29) is 17.4 Å². The Balaban J connectivity index is 1.79. The van der Waals surface area contributed by atoms with Crippen LogP contribution >= 0.6 is 0 Å². The molecule has 0 spiro atoms. The van der Waals surface area contributed by atoms with Crippen LogP contribution in [0.3, 0.4) is 0 Å². The summed E-state index contributed by atoms with van der Waals surface area (Å²) in [7, 11) is 1.35. The second-order valence-corrected chi connectivity index (χ2v) is 8.07. The minimum atomic E-state index is -0.525. The molecule has 0 saturated heterocycles. The summed E-state index contributed by atoms with van der Waals surface area (Å²) >= 11 is 0. The average Bonchev–Trinajstić information content (AvgIpc) is 2.81. The number of carbonyl (C=O) groups excluding carboxylic acids is 2. The number of anilines is 1. The Kier molecular flexibility index (Phi) is 7.73. The molecule has 0 bridgehead atoms. The first-order chi connectivity index (χ1) is 16.2. The topological polar surface area (TPSA) is 111 Å². The van der Waals surface area contributed by atoms with Gasteiger partial charge in [0.2, 0.25) is 11.7 Å². The molecule has 1 heterocycles. The van der Waals surface area contributed by atoms with Crippen LogP contribution in [-0.2, 0) is 16.0 Å². The lowest BCUT2D eigenvalue weighted by Gasteiger charge is -2.16. The van der Waals surface area contributed by atoms with Crippen molar-refractivity contribution in [3.8, 4) is 11.1 Å². The maximum atomic E-state index is 13.0. The Morgan fingerprint density at radius 2 is 1.79 bits per heavy atom. The van der Waals surface area contributed by atoms with E-state index < -0.39 is 16.8 Å². The summed E-state index contributed by atoms with van der Waals surface area (Å²) in [6.45, 7) is 5.25. The fourth-order valence-electron chi connectivity index (χ4n) is 3.92. The summed E-state index contributed by atoms with van der Waals surface area (Å²) in [5.41, 5.74) is 3.88. The van der Waals surface area contributed by atoms with E-state index in [4.69, 9.17) is 4.74 Å². The number of benzene rings is 2. The van der Waals surface area contributed by atoms with E-state index in [1.807, 2.05) is 43.3 Å². The number of nitrogens with one attached hydrogen (secondary N) is 1. The molecule has 176 valence electrons. The van der Waals surface area contributed by atoms with Gasteiger partial charge in [-0.1, -0.05) is 49.4 Å². The van der Waals surface area contributed by atoms with Crippen LogP contribution < -0.4 is 5.32 Å². The van der Waals surface area contributed by atoms with E-state index in [2.05, 4.69) is 10.3 Å². The molecular weight excluding hydrogens is 434 g/mol. The molecule has 0 aliphatic rings. The van der Waals surface area contributed by atoms with Gasteiger partial charge in [0.1, 0.15) is 0 Å². The number of pyridine rings is 1. The van der Waals surface area contributed by atoms with Gasteiger partial charge in [-0.15, -0.1) is 0 Å². The molecule has 3 rings (SSSR count). The smallest absolute Gasteiger partial charge is 0.338 e. The van der Waals surface area contributed by atoms with Crippen molar-refractivity contribution in [2.75, 3.05) is 12.4 Å². The Morgan fingerprint density at radius 3 is 2.41 bits per heavy atom. The molecule has 1 N–H and O–H groups in total. The average molecular weight is 462 g/mol. The predicted molar refractivity (Wildman–Crippen MR) is 130 cm³/mol. The molecule has 8 heteroatoms. The molecule has 2 aromatic carbocycles. The molecule has 3 aromatic rings. The first kappa shape index (κ1) is 24.6. The maximum Gasteiger partial charge on any atom is 0.338 e. The quantitative estimate of drug-likeness (QED) is 0.278. The normalized spacial score (nSPS) is 11.5. The molecule has 0 radical (unpaired) electrons. The molecule has 1 unspecified atom stereocenters. The van der Waals surface area contributed by atoms with Gasteiger partial charge in [0.05, 0.1) is 17.6 Å². The van der Waals surface area contributed by atoms with Crippen molar-refractivity contribution in [2.24, 2.45) is 5.92 Å². The Labute approximate surface area is 198 Å². The van der Waals surface area contributed by atoms with Gasteiger partial charge in [-0.25, -0.2) is 9.78 Å². The van der Waals surface area contributed by atoms with Gasteiger partial charge < -0.3 is 10.1 Å². The number of methoxy groups -OCH3 is 1. The third-order valence-electron chi connectivity index (χ3n) is 5.68. The van der Waals surface area contributed by atoms with Crippen LogP contribution in [0.15, 0.2) is 54.6 Å². The van der Waals surface area contributed by atoms with Crippen molar-refractivity contribution < 1.29 is 19.2 Å². The lowest BCUT2D eigenvalue weighted by molar-refractivity contribution is -0.384. The van der Waals surface area contributed by atoms with Crippen molar-refractivity contribution >= 4 is 23.4 Å². The van der Waals surface area contributed by atoms with E-state index >= 15 is 0 Å². The first-order valence-corrected chi connectivity index (χ1v) is 10.9. The molecule has 34 heavy (non-hydrogen) atoms. The third kappa shape index (κ3) is 5.46. The van der Waals surface area contributed by atoms with Gasteiger partial charge in [-0.2, -0.15) is 0 Å². The fraction of sp³-hybridized carbons (Fsp3) is 0.269. The molecule has 1 aromatic heterocycles. The summed E-state index contributed by atoms with van der Waals surface area (Å²) in [6, 6.07) is 16.5. The molecule has 0 aliphatic carbocycles. The first-order valence-electron chi connectivity index (χ1n) is 10.9. The van der Waals surface area contributed by atoms with Crippen LogP contribution in [0.5, 0.6) is 0 Å². The maximum absolute atomic E-state index is 13.0. The summed E-state index contributed by atoms with van der Waals surface area (Å²) in [5.74, 6) is -1.14. The highest BCUT2D eigenvalue weighted by molar-refractivity contribution is 5.97. The van der Waals surface area contributed by atoms with Crippen LogP contribution in [0.25, 0.3) is 11.1 Å². The second-order valence-electron chi connectivity index (χ2n) is 8.07. The third-order valence-corrected chi connectivity index (χ3v) is 5.68. The number of nitrogens with zero attached hydrogens (tertiary/aromatic N) is 2. The monoisotopic (exact) mass is 461 g/mol. The SMILES string of the molecule is CCC(Cc1ccc(-c2ccccc2C(=O)OC)cc1)C(=O)Nc1nc(C)cc(C)c1[N+](=O)[O-]. The van der Waals surface area contributed by atoms with Crippen molar-refractivity contribution in [1.29, 1.82) is 0 Å². The highest BCUT2D eigenvalue weighted by Crippen LogP contribution is 2.29. The Hall–Kier alpha value is -4.07. The predicted octanol–water partition coefficient (Wildman–Crippen LogP) is 5.27. The number of amides is 1. The second kappa shape index (κ2) is 10.7. The van der Waals surface area contributed by atoms with Crippen LogP contribution in [-0.4, -0.2) is 28.9 Å². The summed E-state index contributed by atoms with van der Waals surface area (Å²) < 4.78 is 4.87. The number of carbonyl (C=O) groups is 2. The number of hydrogen-bond acceptors (Lipinski definition) is 6. The summed E-state index contributed by atoms with van der Waals surface area (Å²) in [5, 5.41) is 14.2. The zero-order valence-corrected chi connectivity index (χ0v) is 19.6. The minimum absolute atomic E-state index is 0.0271. The van der Waals surface area contributed by atoms with Gasteiger partial charge in [0, 0.05) is 17.2 Å². The molecular formula is C26H27N3O5. The number of aromatic nitrogens is 1. The van der Waals surface area contributed by atoms with Crippen LogP contribution in [0.1, 0.15) is 40.5 Å². The van der Waals surface area contributed by atoms with Crippen molar-refractivity contribution in [3.63, 3.8) is 0 Å². The lowest BCUT2D eigenvalue weighted by atomic mass is 9.93. The van der Waals surface area contributed by atoms with Crippen LogP contribution in [0.2, 0.25) is 0 Å². The number of nitro groups is 1. The highest BCUT2D eigenvalue weighted by atomic mass is 16.6. The largest absolute Gasteiger partial charge is 0.465 e. The number of esters is 1. The van der Waals surface area contributed by atoms with Crippen molar-refractivity contribution in [3.05, 3.63) is 87.1 Å². The number of ether oxygens (including phenoxy) is 1. The van der Waals surface area contributed by atoms with E-state index in [1.54, 1.807) is 32.0 Å². The van der Waals surface area contributed by atoms with Gasteiger partial charge in [0.15, 0.2) is 0 Å². The van der Waals surface area contributed by atoms with Crippen LogP contribution in [0, 0.1) is 29.9 Å². The zero-order valence-electron chi connectivity index (χ0n) is 19.6. The number of aryl methyl sites for hydroxylation is 2. The van der Waals surface area contributed by atoms with Crippen LogP contribution in [0.4, 0.5) is 11.5 Å². The zero-order chi connectivity index (χ0) is 24.8.